The van der Waals surface area contributed by atoms with Gasteiger partial charge in [-0.25, -0.2) is 0 Å². The molecular weight excluding hydrogens is 264 g/mol. The standard InChI is InChI=1S/C10H16O4.C4H8O2/c1-10(2)13-6-8-9(14-10)7(11-3)4-5-12-8;1-3-6-4(2)5/h4-5,7-9H,6H2,1-3H3;3H2,1-2H3/t7-,8-,9+;/m1./s1. The first-order valence-electron chi connectivity index (χ1n) is 6.69. The van der Waals surface area contributed by atoms with E-state index in [0.29, 0.717) is 13.2 Å². The van der Waals surface area contributed by atoms with Crippen LogP contribution in [0.3, 0.4) is 0 Å². The van der Waals surface area contributed by atoms with Crippen LogP contribution in [-0.4, -0.2) is 50.4 Å². The molecule has 3 atom stereocenters. The van der Waals surface area contributed by atoms with Gasteiger partial charge in [-0.05, 0) is 26.8 Å². The van der Waals surface area contributed by atoms with Crippen molar-refractivity contribution in [1.82, 2.24) is 0 Å². The maximum atomic E-state index is 9.82. The normalized spacial score (nSPS) is 30.4. The number of rotatable bonds is 2. The number of methoxy groups -OCH3 is 1. The number of hydrogen-bond acceptors (Lipinski definition) is 6. The van der Waals surface area contributed by atoms with E-state index in [-0.39, 0.29) is 24.3 Å². The second-order valence-corrected chi connectivity index (χ2v) is 4.92. The smallest absolute Gasteiger partial charge is 0.302 e. The van der Waals surface area contributed by atoms with E-state index in [4.69, 9.17) is 18.9 Å². The maximum Gasteiger partial charge on any atom is 0.302 e. The van der Waals surface area contributed by atoms with Crippen molar-refractivity contribution in [3.63, 3.8) is 0 Å². The Morgan fingerprint density at radius 3 is 2.65 bits per heavy atom. The molecule has 0 aromatic heterocycles. The second-order valence-electron chi connectivity index (χ2n) is 4.92. The van der Waals surface area contributed by atoms with Crippen molar-refractivity contribution in [2.24, 2.45) is 0 Å². The van der Waals surface area contributed by atoms with Crippen molar-refractivity contribution in [3.8, 4) is 0 Å². The number of carbonyl (C=O) groups excluding carboxylic acids is 1. The monoisotopic (exact) mass is 288 g/mol. The maximum absolute atomic E-state index is 9.82. The molecule has 6 heteroatoms. The van der Waals surface area contributed by atoms with Gasteiger partial charge in [-0.2, -0.15) is 0 Å². The average Bonchev–Trinajstić information content (AvgIpc) is 2.37. The minimum absolute atomic E-state index is 0.0445. The van der Waals surface area contributed by atoms with E-state index in [2.05, 4.69) is 4.74 Å². The van der Waals surface area contributed by atoms with Crippen LogP contribution in [0.1, 0.15) is 27.7 Å². The molecule has 1 saturated heterocycles. The lowest BCUT2D eigenvalue weighted by Crippen LogP contribution is -2.55. The summed E-state index contributed by atoms with van der Waals surface area (Å²) in [5.41, 5.74) is 0. The molecule has 2 aliphatic rings. The van der Waals surface area contributed by atoms with Gasteiger partial charge in [0, 0.05) is 14.0 Å². The molecule has 0 aliphatic carbocycles. The SMILES string of the molecule is CCOC(C)=O.CO[C@@H]1C=CO[C@@H]2COC(C)(C)O[C@@H]12. The molecular formula is C14H24O6. The molecule has 116 valence electrons. The van der Waals surface area contributed by atoms with Gasteiger partial charge in [-0.1, -0.05) is 0 Å². The Kier molecular flexibility index (Phi) is 6.45. The predicted molar refractivity (Wildman–Crippen MR) is 72.0 cm³/mol. The van der Waals surface area contributed by atoms with Crippen molar-refractivity contribution in [1.29, 1.82) is 0 Å². The molecule has 0 aromatic carbocycles. The summed E-state index contributed by atoms with van der Waals surface area (Å²) in [6, 6.07) is 0. The molecule has 2 heterocycles. The molecule has 0 saturated carbocycles. The average molecular weight is 288 g/mol. The van der Waals surface area contributed by atoms with Crippen molar-refractivity contribution in [2.45, 2.75) is 51.8 Å². The summed E-state index contributed by atoms with van der Waals surface area (Å²) < 4.78 is 26.4. The van der Waals surface area contributed by atoms with Gasteiger partial charge in [-0.15, -0.1) is 0 Å². The van der Waals surface area contributed by atoms with Gasteiger partial charge in [0.15, 0.2) is 11.9 Å². The largest absolute Gasteiger partial charge is 0.493 e. The van der Waals surface area contributed by atoms with Gasteiger partial charge >= 0.3 is 5.97 Å². The van der Waals surface area contributed by atoms with Crippen LogP contribution in [0.2, 0.25) is 0 Å². The van der Waals surface area contributed by atoms with Gasteiger partial charge in [0.2, 0.25) is 0 Å². The minimum atomic E-state index is -0.549. The zero-order valence-corrected chi connectivity index (χ0v) is 12.8. The van der Waals surface area contributed by atoms with Crippen LogP contribution in [0.4, 0.5) is 0 Å². The number of esters is 1. The van der Waals surface area contributed by atoms with E-state index in [1.165, 1.54) is 6.92 Å². The minimum Gasteiger partial charge on any atom is -0.493 e. The molecule has 0 N–H and O–H groups in total. The van der Waals surface area contributed by atoms with E-state index in [1.54, 1.807) is 20.3 Å². The Hall–Kier alpha value is -1.11. The number of carbonyl (C=O) groups is 1. The summed E-state index contributed by atoms with van der Waals surface area (Å²) in [4.78, 5) is 9.82. The van der Waals surface area contributed by atoms with E-state index in [1.807, 2.05) is 19.9 Å². The van der Waals surface area contributed by atoms with Crippen LogP contribution in [0.5, 0.6) is 0 Å². The molecule has 1 fully saturated rings. The highest BCUT2D eigenvalue weighted by Crippen LogP contribution is 2.29. The predicted octanol–water partition coefficient (Wildman–Crippen LogP) is 1.63. The van der Waals surface area contributed by atoms with Gasteiger partial charge in [-0.3, -0.25) is 4.79 Å². The van der Waals surface area contributed by atoms with Crippen molar-refractivity contribution in [2.75, 3.05) is 20.3 Å². The highest BCUT2D eigenvalue weighted by atomic mass is 16.7. The lowest BCUT2D eigenvalue weighted by Gasteiger charge is -2.43. The Morgan fingerprint density at radius 2 is 2.15 bits per heavy atom. The Morgan fingerprint density at radius 1 is 1.45 bits per heavy atom. The first-order valence-corrected chi connectivity index (χ1v) is 6.69. The molecule has 0 amide bonds. The quantitative estimate of drug-likeness (QED) is 0.720. The zero-order valence-electron chi connectivity index (χ0n) is 12.8. The van der Waals surface area contributed by atoms with E-state index < -0.39 is 5.79 Å². The molecule has 0 unspecified atom stereocenters. The fourth-order valence-corrected chi connectivity index (χ4v) is 1.96. The van der Waals surface area contributed by atoms with E-state index in [9.17, 15) is 4.79 Å². The highest BCUT2D eigenvalue weighted by molar-refractivity contribution is 5.65. The summed E-state index contributed by atoms with van der Waals surface area (Å²) in [7, 11) is 1.67. The Labute approximate surface area is 120 Å². The van der Waals surface area contributed by atoms with Crippen molar-refractivity contribution >= 4 is 5.97 Å². The van der Waals surface area contributed by atoms with Crippen molar-refractivity contribution in [3.05, 3.63) is 12.3 Å². The molecule has 2 rings (SSSR count). The molecule has 0 radical (unpaired) electrons. The fraction of sp³-hybridized carbons (Fsp3) is 0.786. The van der Waals surface area contributed by atoms with Crippen LogP contribution in [0.25, 0.3) is 0 Å². The topological polar surface area (TPSA) is 63.2 Å². The lowest BCUT2D eigenvalue weighted by molar-refractivity contribution is -0.320. The van der Waals surface area contributed by atoms with Crippen LogP contribution in [0.15, 0.2) is 12.3 Å². The number of ether oxygens (including phenoxy) is 5. The molecule has 20 heavy (non-hydrogen) atoms. The van der Waals surface area contributed by atoms with Crippen LogP contribution in [-0.2, 0) is 28.5 Å². The molecule has 0 bridgehead atoms. The molecule has 0 aromatic rings. The third-order valence-electron chi connectivity index (χ3n) is 2.85. The third-order valence-corrected chi connectivity index (χ3v) is 2.85. The Bertz CT molecular complexity index is 339. The first-order chi connectivity index (χ1) is 9.39. The summed E-state index contributed by atoms with van der Waals surface area (Å²) >= 11 is 0. The van der Waals surface area contributed by atoms with Gasteiger partial charge < -0.3 is 23.7 Å². The summed E-state index contributed by atoms with van der Waals surface area (Å²) in [5.74, 6) is -0.760. The van der Waals surface area contributed by atoms with Crippen LogP contribution >= 0.6 is 0 Å². The van der Waals surface area contributed by atoms with E-state index >= 15 is 0 Å². The Balaban J connectivity index is 0.000000286. The van der Waals surface area contributed by atoms with Crippen LogP contribution < -0.4 is 0 Å². The fourth-order valence-electron chi connectivity index (χ4n) is 1.96. The summed E-state index contributed by atoms with van der Waals surface area (Å²) in [6.45, 7) is 7.99. The molecule has 0 spiro atoms. The third kappa shape index (κ3) is 5.11. The number of fused-ring (bicyclic) bond motifs is 1. The molecule has 6 nitrogen and oxygen atoms in total. The second kappa shape index (κ2) is 7.61. The first kappa shape index (κ1) is 16.9. The van der Waals surface area contributed by atoms with Gasteiger partial charge in [0.05, 0.1) is 19.5 Å². The number of hydrogen-bond donors (Lipinski definition) is 0. The summed E-state index contributed by atoms with van der Waals surface area (Å²) in [6.07, 6.45) is 3.34. The van der Waals surface area contributed by atoms with Gasteiger partial charge in [0.1, 0.15) is 12.2 Å². The van der Waals surface area contributed by atoms with Gasteiger partial charge in [0.25, 0.3) is 0 Å². The highest BCUT2D eigenvalue weighted by Gasteiger charge is 2.42. The summed E-state index contributed by atoms with van der Waals surface area (Å²) in [5, 5.41) is 0. The lowest BCUT2D eigenvalue weighted by atomic mass is 10.0. The molecule has 2 aliphatic heterocycles. The van der Waals surface area contributed by atoms with Crippen LogP contribution in [0, 0.1) is 0 Å². The zero-order chi connectivity index (χ0) is 15.2. The van der Waals surface area contributed by atoms with E-state index in [0.717, 1.165) is 0 Å². The van der Waals surface area contributed by atoms with Crippen molar-refractivity contribution < 1.29 is 28.5 Å².